The zero-order valence-corrected chi connectivity index (χ0v) is 21.0. The fraction of sp³-hybridized carbons (Fsp3) is 0.778. The van der Waals surface area contributed by atoms with Crippen molar-refractivity contribution >= 4 is 0 Å². The Morgan fingerprint density at radius 1 is 1.16 bits per heavy atom. The van der Waals surface area contributed by atoms with Gasteiger partial charge in [0.1, 0.15) is 6.10 Å². The first kappa shape index (κ1) is 22.5. The van der Waals surface area contributed by atoms with Crippen molar-refractivity contribution < 1.29 is 18.9 Å². The summed E-state index contributed by atoms with van der Waals surface area (Å²) in [5, 5.41) is 0. The van der Waals surface area contributed by atoms with E-state index in [2.05, 4.69) is 58.7 Å². The van der Waals surface area contributed by atoms with E-state index in [4.69, 9.17) is 18.9 Å². The number of likely N-dealkylation sites (tertiary alicyclic amines) is 1. The third kappa shape index (κ3) is 3.47. The highest BCUT2D eigenvalue weighted by Crippen LogP contribution is 2.64. The van der Waals surface area contributed by atoms with Gasteiger partial charge in [0, 0.05) is 23.6 Å². The van der Waals surface area contributed by atoms with Crippen LogP contribution in [-0.4, -0.2) is 61.7 Å². The number of likely N-dealkylation sites (N-methyl/N-ethyl adjacent to an activating group) is 1. The lowest BCUT2D eigenvalue weighted by molar-refractivity contribution is -0.173. The number of methoxy groups -OCH3 is 1. The molecule has 2 aliphatic carbocycles. The molecule has 2 aliphatic heterocycles. The molecule has 0 aromatic heterocycles. The predicted octanol–water partition coefficient (Wildman–Crippen LogP) is 4.73. The molecule has 5 nitrogen and oxygen atoms in total. The van der Waals surface area contributed by atoms with Gasteiger partial charge in [-0.05, 0) is 97.9 Å². The standard InChI is InChI=1S/C27H41NO4/c1-25(2,3)30-15-13-26(4,5)32-21-11-9-18-19-16-17-8-10-20(29-7)23-22(17)27(18,24(21)31-23)12-14-28(19)6/h8,10,18-19,21,24H,9,11-16H2,1-7H3/t18?,19-,21+,24+,27+/m1/s1. The Kier molecular flexibility index (Phi) is 5.35. The Labute approximate surface area is 193 Å². The zero-order chi connectivity index (χ0) is 22.9. The normalized spacial score (nSPS) is 33.6. The van der Waals surface area contributed by atoms with Crippen LogP contribution >= 0.6 is 0 Å². The van der Waals surface area contributed by atoms with Crippen molar-refractivity contribution in [3.8, 4) is 11.5 Å². The Hall–Kier alpha value is -1.30. The van der Waals surface area contributed by atoms with Gasteiger partial charge in [-0.2, -0.15) is 0 Å². The molecule has 32 heavy (non-hydrogen) atoms. The first-order chi connectivity index (χ1) is 15.1. The van der Waals surface area contributed by atoms with Gasteiger partial charge in [0.2, 0.25) is 0 Å². The second-order valence-corrected chi connectivity index (χ2v) is 12.0. The average Bonchev–Trinajstić information content (AvgIpc) is 3.05. The maximum atomic E-state index is 6.88. The van der Waals surface area contributed by atoms with E-state index in [1.54, 1.807) is 7.11 Å². The van der Waals surface area contributed by atoms with Crippen LogP contribution in [-0.2, 0) is 21.3 Å². The van der Waals surface area contributed by atoms with Gasteiger partial charge in [-0.25, -0.2) is 0 Å². The van der Waals surface area contributed by atoms with Crippen molar-refractivity contribution in [2.24, 2.45) is 5.92 Å². The highest BCUT2D eigenvalue weighted by Gasteiger charge is 2.66. The second kappa shape index (κ2) is 7.61. The van der Waals surface area contributed by atoms with Crippen LogP contribution < -0.4 is 9.47 Å². The average molecular weight is 444 g/mol. The van der Waals surface area contributed by atoms with Crippen molar-refractivity contribution in [1.82, 2.24) is 4.90 Å². The smallest absolute Gasteiger partial charge is 0.165 e. The quantitative estimate of drug-likeness (QED) is 0.636. The van der Waals surface area contributed by atoms with Gasteiger partial charge in [-0.1, -0.05) is 6.07 Å². The highest BCUT2D eigenvalue weighted by atomic mass is 16.6. The van der Waals surface area contributed by atoms with E-state index in [0.717, 1.165) is 43.7 Å². The van der Waals surface area contributed by atoms with Crippen LogP contribution in [0.1, 0.15) is 71.4 Å². The van der Waals surface area contributed by atoms with Gasteiger partial charge >= 0.3 is 0 Å². The molecule has 5 atom stereocenters. The van der Waals surface area contributed by atoms with Crippen LogP contribution in [0.5, 0.6) is 11.5 Å². The molecule has 178 valence electrons. The summed E-state index contributed by atoms with van der Waals surface area (Å²) >= 11 is 0. The number of rotatable bonds is 6. The number of ether oxygens (including phenoxy) is 4. The number of hydrogen-bond acceptors (Lipinski definition) is 5. The minimum absolute atomic E-state index is 0.0511. The SMILES string of the molecule is COc1ccc2c3c1O[C@H]1[C@@H](OC(C)(C)CCOC(C)(C)C)CCC4[C@@H](C2)N(C)CC[C@@]341. The lowest BCUT2D eigenvalue weighted by atomic mass is 9.51. The van der Waals surface area contributed by atoms with Crippen molar-refractivity contribution in [1.29, 1.82) is 0 Å². The Bertz CT molecular complexity index is 875. The number of piperidine rings is 1. The van der Waals surface area contributed by atoms with E-state index in [1.807, 2.05) is 0 Å². The lowest BCUT2D eigenvalue weighted by Gasteiger charge is -2.59. The maximum absolute atomic E-state index is 6.88. The Balaban J connectivity index is 1.46. The summed E-state index contributed by atoms with van der Waals surface area (Å²) in [5.74, 6) is 2.49. The molecule has 2 bridgehead atoms. The summed E-state index contributed by atoms with van der Waals surface area (Å²) in [6.45, 7) is 12.5. The molecular weight excluding hydrogens is 402 g/mol. The minimum Gasteiger partial charge on any atom is -0.493 e. The molecule has 0 N–H and O–H groups in total. The maximum Gasteiger partial charge on any atom is 0.165 e. The van der Waals surface area contributed by atoms with Crippen molar-refractivity contribution in [3.63, 3.8) is 0 Å². The van der Waals surface area contributed by atoms with Gasteiger partial charge in [0.15, 0.2) is 11.5 Å². The van der Waals surface area contributed by atoms with Crippen LogP contribution in [0, 0.1) is 5.92 Å². The van der Waals surface area contributed by atoms with Crippen molar-refractivity contribution in [2.75, 3.05) is 27.3 Å². The van der Waals surface area contributed by atoms with Crippen LogP contribution in [0.4, 0.5) is 0 Å². The lowest BCUT2D eigenvalue weighted by Crippen LogP contribution is -2.67. The number of nitrogens with zero attached hydrogens (tertiary/aromatic N) is 1. The Morgan fingerprint density at radius 3 is 2.66 bits per heavy atom. The molecule has 2 heterocycles. The van der Waals surface area contributed by atoms with Gasteiger partial charge in [-0.15, -0.1) is 0 Å². The van der Waals surface area contributed by atoms with Crippen molar-refractivity contribution in [2.45, 2.75) is 102 Å². The molecule has 5 rings (SSSR count). The largest absolute Gasteiger partial charge is 0.493 e. The molecule has 5 heteroatoms. The van der Waals surface area contributed by atoms with E-state index in [1.165, 1.54) is 17.5 Å². The van der Waals surface area contributed by atoms with Gasteiger partial charge in [0.05, 0.1) is 24.4 Å². The number of benzene rings is 1. The summed E-state index contributed by atoms with van der Waals surface area (Å²) in [7, 11) is 4.06. The Morgan fingerprint density at radius 2 is 1.94 bits per heavy atom. The van der Waals surface area contributed by atoms with Crippen LogP contribution in [0.2, 0.25) is 0 Å². The molecule has 1 aromatic rings. The fourth-order valence-electron chi connectivity index (χ4n) is 7.03. The van der Waals surface area contributed by atoms with E-state index < -0.39 is 0 Å². The third-order valence-electron chi connectivity index (χ3n) is 8.45. The van der Waals surface area contributed by atoms with Gasteiger partial charge < -0.3 is 23.8 Å². The monoisotopic (exact) mass is 443 g/mol. The molecule has 0 radical (unpaired) electrons. The van der Waals surface area contributed by atoms with Crippen molar-refractivity contribution in [3.05, 3.63) is 23.3 Å². The first-order valence-corrected chi connectivity index (χ1v) is 12.4. The van der Waals surface area contributed by atoms with E-state index in [9.17, 15) is 0 Å². The summed E-state index contributed by atoms with van der Waals surface area (Å²) in [6, 6.07) is 4.98. The molecule has 0 amide bonds. The summed E-state index contributed by atoms with van der Waals surface area (Å²) in [6.07, 6.45) is 5.52. The molecule has 1 aromatic carbocycles. The number of hydrogen-bond donors (Lipinski definition) is 0. The van der Waals surface area contributed by atoms with Gasteiger partial charge in [0.25, 0.3) is 0 Å². The minimum atomic E-state index is -0.260. The van der Waals surface area contributed by atoms with E-state index in [0.29, 0.717) is 18.6 Å². The zero-order valence-electron chi connectivity index (χ0n) is 21.0. The summed E-state index contributed by atoms with van der Waals surface area (Å²) in [5.41, 5.74) is 2.56. The third-order valence-corrected chi connectivity index (χ3v) is 8.45. The van der Waals surface area contributed by atoms with Gasteiger partial charge in [-0.3, -0.25) is 0 Å². The topological polar surface area (TPSA) is 40.2 Å². The molecule has 1 saturated heterocycles. The molecular formula is C27H41NO4. The summed E-state index contributed by atoms with van der Waals surface area (Å²) in [4.78, 5) is 2.59. The molecule has 1 unspecified atom stereocenters. The highest BCUT2D eigenvalue weighted by molar-refractivity contribution is 5.61. The fourth-order valence-corrected chi connectivity index (χ4v) is 7.03. The van der Waals surface area contributed by atoms with E-state index >= 15 is 0 Å². The molecule has 1 saturated carbocycles. The molecule has 1 spiro atoms. The molecule has 4 aliphatic rings. The van der Waals surface area contributed by atoms with Crippen LogP contribution in [0.3, 0.4) is 0 Å². The van der Waals surface area contributed by atoms with Crippen LogP contribution in [0.25, 0.3) is 0 Å². The second-order valence-electron chi connectivity index (χ2n) is 12.0. The summed E-state index contributed by atoms with van der Waals surface area (Å²) < 4.78 is 25.5. The first-order valence-electron chi connectivity index (χ1n) is 12.4. The predicted molar refractivity (Wildman–Crippen MR) is 126 cm³/mol. The van der Waals surface area contributed by atoms with Crippen LogP contribution in [0.15, 0.2) is 12.1 Å². The molecule has 2 fully saturated rings. The van der Waals surface area contributed by atoms with E-state index in [-0.39, 0.29) is 28.8 Å².